The molecule has 0 saturated heterocycles. The van der Waals surface area contributed by atoms with Gasteiger partial charge in [0.25, 0.3) is 5.56 Å². The number of fused-ring (bicyclic) bond motifs is 1. The molecule has 3 aromatic rings. The van der Waals surface area contributed by atoms with E-state index in [4.69, 9.17) is 5.26 Å². The molecule has 110 valence electrons. The number of hydrogen-bond donors (Lipinski definition) is 3. The molecule has 0 amide bonds. The molecule has 1 aromatic carbocycles. The Kier molecular flexibility index (Phi) is 3.62. The third-order valence-corrected chi connectivity index (χ3v) is 3.51. The quantitative estimate of drug-likeness (QED) is 0.686. The van der Waals surface area contributed by atoms with Crippen LogP contribution in [-0.4, -0.2) is 21.5 Å². The first-order valence-electron chi connectivity index (χ1n) is 6.99. The topological polar surface area (TPSA) is 97.4 Å². The maximum absolute atomic E-state index is 11.7. The van der Waals surface area contributed by atoms with Crippen LogP contribution in [0.1, 0.15) is 17.0 Å². The molecular weight excluding hydrogens is 278 g/mol. The summed E-state index contributed by atoms with van der Waals surface area (Å²) in [6.45, 7) is 2.28. The Balaban J connectivity index is 1.77. The Morgan fingerprint density at radius 2 is 2.18 bits per heavy atom. The van der Waals surface area contributed by atoms with Gasteiger partial charge in [0, 0.05) is 23.6 Å². The van der Waals surface area contributed by atoms with Crippen LogP contribution in [0.3, 0.4) is 0 Å². The van der Waals surface area contributed by atoms with Gasteiger partial charge in [-0.05, 0) is 25.0 Å². The summed E-state index contributed by atoms with van der Waals surface area (Å²) in [7, 11) is 0. The molecule has 0 unspecified atom stereocenters. The van der Waals surface area contributed by atoms with Crippen LogP contribution in [-0.2, 0) is 6.42 Å². The molecule has 6 nitrogen and oxygen atoms in total. The van der Waals surface area contributed by atoms with Gasteiger partial charge >= 0.3 is 0 Å². The highest BCUT2D eigenvalue weighted by atomic mass is 16.1. The van der Waals surface area contributed by atoms with Crippen molar-refractivity contribution >= 4 is 16.7 Å². The zero-order valence-electron chi connectivity index (χ0n) is 12.1. The molecule has 0 radical (unpaired) electrons. The molecular formula is C16H15N5O. The van der Waals surface area contributed by atoms with Crippen molar-refractivity contribution in [1.29, 1.82) is 5.26 Å². The molecule has 0 aliphatic carbocycles. The number of aromatic nitrogens is 3. The third kappa shape index (κ3) is 2.56. The van der Waals surface area contributed by atoms with Crippen molar-refractivity contribution in [3.05, 3.63) is 57.8 Å². The molecule has 0 spiro atoms. The number of rotatable bonds is 4. The maximum atomic E-state index is 11.7. The molecule has 6 heteroatoms. The van der Waals surface area contributed by atoms with Crippen molar-refractivity contribution in [2.45, 2.75) is 13.3 Å². The van der Waals surface area contributed by atoms with Crippen LogP contribution in [0.2, 0.25) is 0 Å². The smallest absolute Gasteiger partial charge is 0.271 e. The van der Waals surface area contributed by atoms with Gasteiger partial charge in [-0.1, -0.05) is 18.2 Å². The van der Waals surface area contributed by atoms with E-state index in [0.29, 0.717) is 18.2 Å². The molecule has 0 atom stereocenters. The monoisotopic (exact) mass is 293 g/mol. The fourth-order valence-corrected chi connectivity index (χ4v) is 2.47. The first-order chi connectivity index (χ1) is 10.7. The van der Waals surface area contributed by atoms with Gasteiger partial charge in [-0.2, -0.15) is 5.26 Å². The van der Waals surface area contributed by atoms with Gasteiger partial charge in [-0.15, -0.1) is 0 Å². The van der Waals surface area contributed by atoms with Crippen LogP contribution >= 0.6 is 0 Å². The Bertz CT molecular complexity index is 916. The highest BCUT2D eigenvalue weighted by molar-refractivity contribution is 5.83. The van der Waals surface area contributed by atoms with E-state index in [1.54, 1.807) is 6.92 Å². The summed E-state index contributed by atoms with van der Waals surface area (Å²) >= 11 is 0. The second-order valence-electron chi connectivity index (χ2n) is 5.02. The minimum absolute atomic E-state index is 0.0181. The van der Waals surface area contributed by atoms with Crippen molar-refractivity contribution in [3.8, 4) is 6.07 Å². The third-order valence-electron chi connectivity index (χ3n) is 3.51. The Labute approximate surface area is 126 Å². The lowest BCUT2D eigenvalue weighted by molar-refractivity contribution is 0.966. The van der Waals surface area contributed by atoms with Crippen molar-refractivity contribution in [2.75, 3.05) is 11.9 Å². The zero-order valence-corrected chi connectivity index (χ0v) is 12.1. The summed E-state index contributed by atoms with van der Waals surface area (Å²) in [4.78, 5) is 21.6. The number of hydrogen-bond acceptors (Lipinski definition) is 4. The van der Waals surface area contributed by atoms with E-state index < -0.39 is 5.56 Å². The minimum atomic E-state index is -0.412. The second-order valence-corrected chi connectivity index (χ2v) is 5.02. The normalized spacial score (nSPS) is 10.5. The lowest BCUT2D eigenvalue weighted by atomic mass is 10.1. The molecule has 0 bridgehead atoms. The van der Waals surface area contributed by atoms with Crippen LogP contribution in [0.4, 0.5) is 5.82 Å². The van der Waals surface area contributed by atoms with Gasteiger partial charge in [-0.25, -0.2) is 4.98 Å². The lowest BCUT2D eigenvalue weighted by Gasteiger charge is -2.07. The summed E-state index contributed by atoms with van der Waals surface area (Å²) < 4.78 is 0. The number of aryl methyl sites for hydroxylation is 1. The standard InChI is InChI=1S/C16H15N5O/c1-10-20-15(13(8-17)16(22)21-10)18-7-6-11-9-19-14-5-3-2-4-12(11)14/h2-5,9,19H,6-7H2,1H3,(H2,18,20,21,22). The van der Waals surface area contributed by atoms with E-state index in [1.807, 2.05) is 30.5 Å². The van der Waals surface area contributed by atoms with Gasteiger partial charge in [0.15, 0.2) is 11.4 Å². The number of anilines is 1. The summed E-state index contributed by atoms with van der Waals surface area (Å²) in [5, 5.41) is 13.3. The van der Waals surface area contributed by atoms with Crippen LogP contribution in [0.5, 0.6) is 0 Å². The van der Waals surface area contributed by atoms with Crippen molar-refractivity contribution in [1.82, 2.24) is 15.0 Å². The van der Waals surface area contributed by atoms with Gasteiger partial charge in [0.1, 0.15) is 11.9 Å². The molecule has 3 rings (SSSR count). The fourth-order valence-electron chi connectivity index (χ4n) is 2.47. The van der Waals surface area contributed by atoms with E-state index in [2.05, 4.69) is 26.3 Å². The highest BCUT2D eigenvalue weighted by Crippen LogP contribution is 2.18. The second kappa shape index (κ2) is 5.74. The maximum Gasteiger partial charge on any atom is 0.271 e. The number of aromatic amines is 2. The van der Waals surface area contributed by atoms with Crippen LogP contribution in [0.25, 0.3) is 10.9 Å². The van der Waals surface area contributed by atoms with Crippen molar-refractivity contribution in [2.24, 2.45) is 0 Å². The van der Waals surface area contributed by atoms with Crippen LogP contribution in [0, 0.1) is 18.3 Å². The van der Waals surface area contributed by atoms with E-state index in [9.17, 15) is 4.79 Å². The summed E-state index contributed by atoms with van der Waals surface area (Å²) in [6, 6.07) is 9.98. The van der Waals surface area contributed by atoms with Crippen LogP contribution in [0.15, 0.2) is 35.3 Å². The molecule has 0 fully saturated rings. The van der Waals surface area contributed by atoms with Gasteiger partial charge in [0.05, 0.1) is 0 Å². The number of nitriles is 1. The Morgan fingerprint density at radius 1 is 1.36 bits per heavy atom. The number of benzene rings is 1. The van der Waals surface area contributed by atoms with E-state index in [-0.39, 0.29) is 5.56 Å². The van der Waals surface area contributed by atoms with Crippen molar-refractivity contribution in [3.63, 3.8) is 0 Å². The zero-order chi connectivity index (χ0) is 15.5. The lowest BCUT2D eigenvalue weighted by Crippen LogP contribution is -2.18. The molecule has 2 heterocycles. The average Bonchev–Trinajstić information content (AvgIpc) is 2.90. The molecule has 0 saturated carbocycles. The fraction of sp³-hybridized carbons (Fsp3) is 0.188. The number of H-pyrrole nitrogens is 2. The minimum Gasteiger partial charge on any atom is -0.368 e. The summed E-state index contributed by atoms with van der Waals surface area (Å²) in [5.74, 6) is 0.821. The van der Waals surface area contributed by atoms with E-state index in [0.717, 1.165) is 11.9 Å². The molecule has 3 N–H and O–H groups in total. The van der Waals surface area contributed by atoms with E-state index in [1.165, 1.54) is 10.9 Å². The largest absolute Gasteiger partial charge is 0.368 e. The first kappa shape index (κ1) is 13.9. The highest BCUT2D eigenvalue weighted by Gasteiger charge is 2.09. The SMILES string of the molecule is Cc1nc(NCCc2c[nH]c3ccccc23)c(C#N)c(=O)[nH]1. The van der Waals surface area contributed by atoms with Crippen molar-refractivity contribution < 1.29 is 0 Å². The van der Waals surface area contributed by atoms with Crippen LogP contribution < -0.4 is 10.9 Å². The number of para-hydroxylation sites is 1. The summed E-state index contributed by atoms with van der Waals surface area (Å²) in [6.07, 6.45) is 2.75. The van der Waals surface area contributed by atoms with E-state index >= 15 is 0 Å². The molecule has 22 heavy (non-hydrogen) atoms. The van der Waals surface area contributed by atoms with Gasteiger partial charge in [0.2, 0.25) is 0 Å². The molecule has 0 aliphatic heterocycles. The Hall–Kier alpha value is -3.07. The number of nitrogens with zero attached hydrogens (tertiary/aromatic N) is 2. The molecule has 2 aromatic heterocycles. The predicted molar refractivity (Wildman–Crippen MR) is 84.8 cm³/mol. The Morgan fingerprint density at radius 3 is 3.00 bits per heavy atom. The predicted octanol–water partition coefficient (Wildman–Crippen LogP) is 2.09. The summed E-state index contributed by atoms with van der Waals surface area (Å²) in [5.41, 5.74) is 1.89. The average molecular weight is 293 g/mol. The van der Waals surface area contributed by atoms with Gasteiger partial charge in [-0.3, -0.25) is 4.79 Å². The molecule has 0 aliphatic rings. The van der Waals surface area contributed by atoms with Gasteiger partial charge < -0.3 is 15.3 Å². The number of nitrogens with one attached hydrogen (secondary N) is 3. The first-order valence-corrected chi connectivity index (χ1v) is 6.99.